The van der Waals surface area contributed by atoms with E-state index in [1.165, 1.54) is 0 Å². The number of aliphatic hydroxyl groups is 1. The topological polar surface area (TPSA) is 55.2 Å². The Balaban J connectivity index is 2.13. The first-order chi connectivity index (χ1) is 9.60. The second-order valence-electron chi connectivity index (χ2n) is 4.77. The molecule has 106 valence electrons. The van der Waals surface area contributed by atoms with Gasteiger partial charge in [0.05, 0.1) is 12.8 Å². The largest absolute Gasteiger partial charge is 0.485 e. The van der Waals surface area contributed by atoms with Gasteiger partial charge >= 0.3 is 0 Å². The third-order valence-electron chi connectivity index (χ3n) is 2.80. The molecule has 0 amide bonds. The lowest BCUT2D eigenvalue weighted by atomic mass is 10.2. The summed E-state index contributed by atoms with van der Waals surface area (Å²) in [6.45, 7) is 4.19. The third-order valence-corrected chi connectivity index (χ3v) is 3.03. The quantitative estimate of drug-likeness (QED) is 0.918. The first-order valence-corrected chi connectivity index (χ1v) is 6.82. The summed E-state index contributed by atoms with van der Waals surface area (Å²) in [6, 6.07) is 7.44. The molecule has 5 heteroatoms. The van der Waals surface area contributed by atoms with Gasteiger partial charge < -0.3 is 9.84 Å². The molecule has 0 bridgehead atoms. The van der Waals surface area contributed by atoms with E-state index < -0.39 is 0 Å². The molecule has 20 heavy (non-hydrogen) atoms. The molecule has 0 radical (unpaired) electrons. The molecule has 1 N–H and O–H groups in total. The van der Waals surface area contributed by atoms with Gasteiger partial charge in [-0.3, -0.25) is 0 Å². The fourth-order valence-electron chi connectivity index (χ4n) is 1.72. The van der Waals surface area contributed by atoms with Crippen LogP contribution in [-0.4, -0.2) is 15.1 Å². The molecule has 0 unspecified atom stereocenters. The molecule has 0 aliphatic rings. The first-order valence-electron chi connectivity index (χ1n) is 6.44. The minimum atomic E-state index is -0.173. The Morgan fingerprint density at radius 3 is 2.80 bits per heavy atom. The van der Waals surface area contributed by atoms with Crippen molar-refractivity contribution in [3.05, 3.63) is 52.6 Å². The summed E-state index contributed by atoms with van der Waals surface area (Å²) in [4.78, 5) is 8.55. The fraction of sp³-hybridized carbons (Fsp3) is 0.333. The molecule has 0 spiro atoms. The molecular weight excluding hydrogens is 276 g/mol. The van der Waals surface area contributed by atoms with Crippen LogP contribution in [0.2, 0.25) is 5.02 Å². The lowest BCUT2D eigenvalue weighted by Gasteiger charge is -2.11. The highest BCUT2D eigenvalue weighted by Gasteiger charge is 2.10. The highest BCUT2D eigenvalue weighted by atomic mass is 35.5. The van der Waals surface area contributed by atoms with Gasteiger partial charge in [0.15, 0.2) is 5.75 Å². The first kappa shape index (κ1) is 14.8. The van der Waals surface area contributed by atoms with Crippen LogP contribution in [0, 0.1) is 0 Å². The van der Waals surface area contributed by atoms with E-state index in [-0.39, 0.29) is 12.5 Å². The lowest BCUT2D eigenvalue weighted by Crippen LogP contribution is -2.06. The number of hydrogen-bond donors (Lipinski definition) is 1. The Bertz CT molecular complexity index is 588. The maximum absolute atomic E-state index is 9.37. The zero-order chi connectivity index (χ0) is 14.5. The van der Waals surface area contributed by atoms with Gasteiger partial charge in [0.25, 0.3) is 0 Å². The zero-order valence-electron chi connectivity index (χ0n) is 11.5. The molecule has 0 saturated carbocycles. The summed E-state index contributed by atoms with van der Waals surface area (Å²) in [7, 11) is 0. The molecule has 1 aromatic carbocycles. The van der Waals surface area contributed by atoms with Gasteiger partial charge in [-0.1, -0.05) is 37.6 Å². The van der Waals surface area contributed by atoms with Crippen LogP contribution in [0.4, 0.5) is 0 Å². The normalized spacial score (nSPS) is 10.8. The lowest BCUT2D eigenvalue weighted by molar-refractivity contribution is 0.251. The van der Waals surface area contributed by atoms with E-state index in [4.69, 9.17) is 16.3 Å². The molecule has 1 aromatic heterocycles. The molecule has 2 rings (SSSR count). The highest BCUT2D eigenvalue weighted by Crippen LogP contribution is 2.20. The summed E-state index contributed by atoms with van der Waals surface area (Å²) < 4.78 is 5.66. The van der Waals surface area contributed by atoms with Gasteiger partial charge in [0, 0.05) is 10.9 Å². The fourth-order valence-corrected chi connectivity index (χ4v) is 1.93. The summed E-state index contributed by atoms with van der Waals surface area (Å²) >= 11 is 5.92. The minimum Gasteiger partial charge on any atom is -0.485 e. The number of aromatic nitrogens is 2. The third kappa shape index (κ3) is 3.68. The van der Waals surface area contributed by atoms with Gasteiger partial charge in [0.1, 0.15) is 18.1 Å². The number of rotatable bonds is 5. The summed E-state index contributed by atoms with van der Waals surface area (Å²) in [5, 5.41) is 10.0. The van der Waals surface area contributed by atoms with E-state index in [1.54, 1.807) is 6.20 Å². The second kappa shape index (κ2) is 6.68. The van der Waals surface area contributed by atoms with Gasteiger partial charge in [0.2, 0.25) is 0 Å². The molecule has 1 heterocycles. The molecule has 0 saturated heterocycles. The van der Waals surface area contributed by atoms with E-state index in [1.807, 2.05) is 38.1 Å². The second-order valence-corrected chi connectivity index (χ2v) is 5.21. The Hall–Kier alpha value is -1.65. The van der Waals surface area contributed by atoms with Crippen LogP contribution in [0.15, 0.2) is 30.5 Å². The van der Waals surface area contributed by atoms with Crippen molar-refractivity contribution in [3.8, 4) is 5.75 Å². The molecular formula is C15H17ClN2O2. The van der Waals surface area contributed by atoms with Crippen LogP contribution in [-0.2, 0) is 13.2 Å². The summed E-state index contributed by atoms with van der Waals surface area (Å²) in [6.07, 6.45) is 1.61. The average molecular weight is 293 g/mol. The number of hydrogen-bond acceptors (Lipinski definition) is 4. The Morgan fingerprint density at radius 1 is 1.35 bits per heavy atom. The van der Waals surface area contributed by atoms with Crippen LogP contribution >= 0.6 is 11.6 Å². The van der Waals surface area contributed by atoms with Crippen molar-refractivity contribution in [2.75, 3.05) is 0 Å². The Labute approximate surface area is 123 Å². The molecule has 0 aliphatic heterocycles. The van der Waals surface area contributed by atoms with Crippen molar-refractivity contribution in [2.45, 2.75) is 33.0 Å². The van der Waals surface area contributed by atoms with Crippen LogP contribution in [0.1, 0.15) is 36.8 Å². The van der Waals surface area contributed by atoms with E-state index in [2.05, 4.69) is 9.97 Å². The van der Waals surface area contributed by atoms with Gasteiger partial charge in [-0.2, -0.15) is 0 Å². The minimum absolute atomic E-state index is 0.173. The van der Waals surface area contributed by atoms with Crippen molar-refractivity contribution in [1.82, 2.24) is 9.97 Å². The van der Waals surface area contributed by atoms with Gasteiger partial charge in [-0.25, -0.2) is 9.97 Å². The van der Waals surface area contributed by atoms with Crippen LogP contribution < -0.4 is 4.74 Å². The van der Waals surface area contributed by atoms with E-state index in [0.717, 1.165) is 5.56 Å². The van der Waals surface area contributed by atoms with Crippen LogP contribution in [0.25, 0.3) is 0 Å². The van der Waals surface area contributed by atoms with Crippen molar-refractivity contribution in [1.29, 1.82) is 0 Å². The van der Waals surface area contributed by atoms with E-state index in [9.17, 15) is 5.11 Å². The maximum Gasteiger partial charge on any atom is 0.162 e. The molecule has 0 atom stereocenters. The van der Waals surface area contributed by atoms with Crippen LogP contribution in [0.3, 0.4) is 0 Å². The standard InChI is InChI=1S/C15H17ClN2O2/c1-10(2)15-17-7-14(13(8-19)18-15)20-9-11-4-3-5-12(16)6-11/h3-7,10,19H,8-9H2,1-2H3. The van der Waals surface area contributed by atoms with Crippen molar-refractivity contribution >= 4 is 11.6 Å². The predicted molar refractivity (Wildman–Crippen MR) is 77.8 cm³/mol. The summed E-state index contributed by atoms with van der Waals surface area (Å²) in [5.74, 6) is 1.41. The van der Waals surface area contributed by atoms with E-state index in [0.29, 0.717) is 28.9 Å². The Morgan fingerprint density at radius 2 is 2.15 bits per heavy atom. The molecule has 0 fully saturated rings. The van der Waals surface area contributed by atoms with Crippen molar-refractivity contribution in [2.24, 2.45) is 0 Å². The zero-order valence-corrected chi connectivity index (χ0v) is 12.3. The molecule has 0 aliphatic carbocycles. The SMILES string of the molecule is CC(C)c1ncc(OCc2cccc(Cl)c2)c(CO)n1. The van der Waals surface area contributed by atoms with Crippen molar-refractivity contribution in [3.63, 3.8) is 0 Å². The number of benzene rings is 1. The predicted octanol–water partition coefficient (Wildman–Crippen LogP) is 3.32. The number of nitrogens with zero attached hydrogens (tertiary/aromatic N) is 2. The average Bonchev–Trinajstić information content (AvgIpc) is 2.45. The maximum atomic E-state index is 9.37. The number of aliphatic hydroxyl groups excluding tert-OH is 1. The smallest absolute Gasteiger partial charge is 0.162 e. The number of ether oxygens (including phenoxy) is 1. The van der Waals surface area contributed by atoms with Crippen molar-refractivity contribution < 1.29 is 9.84 Å². The Kier molecular flexibility index (Phi) is 4.93. The van der Waals surface area contributed by atoms with Gasteiger partial charge in [-0.15, -0.1) is 0 Å². The summed E-state index contributed by atoms with van der Waals surface area (Å²) in [5.41, 5.74) is 1.46. The molecule has 4 nitrogen and oxygen atoms in total. The number of halogens is 1. The highest BCUT2D eigenvalue weighted by molar-refractivity contribution is 6.30. The van der Waals surface area contributed by atoms with Gasteiger partial charge in [-0.05, 0) is 17.7 Å². The van der Waals surface area contributed by atoms with E-state index >= 15 is 0 Å². The van der Waals surface area contributed by atoms with Crippen LogP contribution in [0.5, 0.6) is 5.75 Å². The molecule has 2 aromatic rings. The monoisotopic (exact) mass is 292 g/mol.